The van der Waals surface area contributed by atoms with Crippen LogP contribution in [0.4, 0.5) is 5.13 Å². The Bertz CT molecular complexity index is 499. The molecule has 0 amide bonds. The Labute approximate surface area is 109 Å². The topological polar surface area (TPSA) is 45.1 Å². The number of thiazole rings is 1. The van der Waals surface area contributed by atoms with Crippen molar-refractivity contribution in [3.05, 3.63) is 34.7 Å². The van der Waals surface area contributed by atoms with E-state index in [0.29, 0.717) is 11.6 Å². The van der Waals surface area contributed by atoms with Gasteiger partial charge in [0.2, 0.25) is 0 Å². The SMILES string of the molecule is C[C@H](O)CNc1nc(-c2ccccc2Cl)cs1. The van der Waals surface area contributed by atoms with Crippen LogP contribution in [0.5, 0.6) is 0 Å². The van der Waals surface area contributed by atoms with Crippen molar-refractivity contribution in [1.82, 2.24) is 4.98 Å². The molecule has 0 bridgehead atoms. The molecule has 17 heavy (non-hydrogen) atoms. The van der Waals surface area contributed by atoms with Gasteiger partial charge in [-0.15, -0.1) is 11.3 Å². The van der Waals surface area contributed by atoms with Crippen molar-refractivity contribution in [3.63, 3.8) is 0 Å². The van der Waals surface area contributed by atoms with Crippen molar-refractivity contribution in [1.29, 1.82) is 0 Å². The maximum absolute atomic E-state index is 9.17. The molecule has 2 N–H and O–H groups in total. The Hall–Kier alpha value is -1.10. The van der Waals surface area contributed by atoms with E-state index in [1.165, 1.54) is 11.3 Å². The number of anilines is 1. The molecule has 1 aromatic carbocycles. The molecule has 90 valence electrons. The fraction of sp³-hybridized carbons (Fsp3) is 0.250. The minimum absolute atomic E-state index is 0.386. The number of hydrogen-bond donors (Lipinski definition) is 2. The minimum atomic E-state index is -0.386. The standard InChI is InChI=1S/C12H13ClN2OS/c1-8(16)6-14-12-15-11(7-17-12)9-4-2-3-5-10(9)13/h2-5,7-8,16H,6H2,1H3,(H,14,15)/t8-/m0/s1. The molecular weight excluding hydrogens is 256 g/mol. The highest BCUT2D eigenvalue weighted by atomic mass is 35.5. The predicted octanol–water partition coefficient (Wildman–Crippen LogP) is 3.26. The second-order valence-electron chi connectivity index (χ2n) is 3.75. The van der Waals surface area contributed by atoms with Crippen LogP contribution < -0.4 is 5.32 Å². The largest absolute Gasteiger partial charge is 0.392 e. The summed E-state index contributed by atoms with van der Waals surface area (Å²) in [5, 5.41) is 15.7. The van der Waals surface area contributed by atoms with Crippen LogP contribution in [0.1, 0.15) is 6.92 Å². The number of aliphatic hydroxyl groups excluding tert-OH is 1. The number of benzene rings is 1. The van der Waals surface area contributed by atoms with Gasteiger partial charge < -0.3 is 10.4 Å². The molecule has 0 saturated carbocycles. The molecule has 1 atom stereocenters. The number of rotatable bonds is 4. The molecule has 2 aromatic rings. The lowest BCUT2D eigenvalue weighted by atomic mass is 10.2. The van der Waals surface area contributed by atoms with Gasteiger partial charge in [-0.1, -0.05) is 29.8 Å². The van der Waals surface area contributed by atoms with Gasteiger partial charge in [0, 0.05) is 22.5 Å². The van der Waals surface area contributed by atoms with Gasteiger partial charge in [0.15, 0.2) is 5.13 Å². The molecule has 0 saturated heterocycles. The summed E-state index contributed by atoms with van der Waals surface area (Å²) in [6.07, 6.45) is -0.386. The fourth-order valence-electron chi connectivity index (χ4n) is 1.38. The van der Waals surface area contributed by atoms with Crippen molar-refractivity contribution in [2.75, 3.05) is 11.9 Å². The average molecular weight is 269 g/mol. The molecular formula is C12H13ClN2OS. The molecule has 5 heteroatoms. The third kappa shape index (κ3) is 3.19. The Morgan fingerprint density at radius 1 is 1.47 bits per heavy atom. The zero-order valence-corrected chi connectivity index (χ0v) is 10.9. The van der Waals surface area contributed by atoms with Gasteiger partial charge in [-0.05, 0) is 13.0 Å². The lowest BCUT2D eigenvalue weighted by Gasteiger charge is -2.04. The van der Waals surface area contributed by atoms with Crippen LogP contribution >= 0.6 is 22.9 Å². The smallest absolute Gasteiger partial charge is 0.183 e. The number of nitrogens with zero attached hydrogens (tertiary/aromatic N) is 1. The first-order valence-corrected chi connectivity index (χ1v) is 6.55. The number of halogens is 1. The van der Waals surface area contributed by atoms with Crippen LogP contribution in [0.3, 0.4) is 0 Å². The van der Waals surface area contributed by atoms with E-state index >= 15 is 0 Å². The summed E-state index contributed by atoms with van der Waals surface area (Å²) in [6.45, 7) is 2.23. The highest BCUT2D eigenvalue weighted by molar-refractivity contribution is 7.14. The van der Waals surface area contributed by atoms with E-state index in [2.05, 4.69) is 10.3 Å². The van der Waals surface area contributed by atoms with Crippen LogP contribution in [0.15, 0.2) is 29.6 Å². The van der Waals surface area contributed by atoms with Crippen molar-refractivity contribution in [3.8, 4) is 11.3 Å². The van der Waals surface area contributed by atoms with Gasteiger partial charge >= 0.3 is 0 Å². The van der Waals surface area contributed by atoms with E-state index in [9.17, 15) is 5.11 Å². The van der Waals surface area contributed by atoms with Crippen molar-refractivity contribution >= 4 is 28.1 Å². The van der Waals surface area contributed by atoms with Crippen LogP contribution in [0.2, 0.25) is 5.02 Å². The summed E-state index contributed by atoms with van der Waals surface area (Å²) in [6, 6.07) is 7.61. The molecule has 0 aliphatic heterocycles. The number of hydrogen-bond acceptors (Lipinski definition) is 4. The summed E-state index contributed by atoms with van der Waals surface area (Å²) >= 11 is 7.60. The molecule has 0 spiro atoms. The van der Waals surface area contributed by atoms with Gasteiger partial charge in [-0.25, -0.2) is 4.98 Å². The summed E-state index contributed by atoms with van der Waals surface area (Å²) in [7, 11) is 0. The highest BCUT2D eigenvalue weighted by Crippen LogP contribution is 2.30. The van der Waals surface area contributed by atoms with E-state index in [1.54, 1.807) is 6.92 Å². The highest BCUT2D eigenvalue weighted by Gasteiger charge is 2.07. The summed E-state index contributed by atoms with van der Waals surface area (Å²) < 4.78 is 0. The van der Waals surface area contributed by atoms with Crippen LogP contribution in [-0.2, 0) is 0 Å². The van der Waals surface area contributed by atoms with Gasteiger partial charge in [0.05, 0.1) is 11.8 Å². The van der Waals surface area contributed by atoms with Gasteiger partial charge in [-0.2, -0.15) is 0 Å². The van der Waals surface area contributed by atoms with Crippen molar-refractivity contribution in [2.45, 2.75) is 13.0 Å². The number of nitrogens with one attached hydrogen (secondary N) is 1. The molecule has 1 heterocycles. The molecule has 1 aromatic heterocycles. The summed E-state index contributed by atoms with van der Waals surface area (Å²) in [4.78, 5) is 4.43. The van der Waals surface area contributed by atoms with E-state index in [4.69, 9.17) is 11.6 Å². The Morgan fingerprint density at radius 3 is 2.94 bits per heavy atom. The second kappa shape index (κ2) is 5.49. The van der Waals surface area contributed by atoms with Crippen LogP contribution in [0, 0.1) is 0 Å². The minimum Gasteiger partial charge on any atom is -0.392 e. The van der Waals surface area contributed by atoms with E-state index < -0.39 is 0 Å². The average Bonchev–Trinajstić information content (AvgIpc) is 2.75. The van der Waals surface area contributed by atoms with Gasteiger partial charge in [-0.3, -0.25) is 0 Å². The summed E-state index contributed by atoms with van der Waals surface area (Å²) in [5.74, 6) is 0. The Balaban J connectivity index is 2.16. The maximum atomic E-state index is 9.17. The van der Waals surface area contributed by atoms with Gasteiger partial charge in [0.1, 0.15) is 0 Å². The lowest BCUT2D eigenvalue weighted by molar-refractivity contribution is 0.208. The van der Waals surface area contributed by atoms with Crippen molar-refractivity contribution < 1.29 is 5.11 Å². The summed E-state index contributed by atoms with van der Waals surface area (Å²) in [5.41, 5.74) is 1.78. The quantitative estimate of drug-likeness (QED) is 0.895. The monoisotopic (exact) mass is 268 g/mol. The molecule has 3 nitrogen and oxygen atoms in total. The zero-order valence-electron chi connectivity index (χ0n) is 9.35. The third-order valence-electron chi connectivity index (χ3n) is 2.20. The first kappa shape index (κ1) is 12.4. The zero-order chi connectivity index (χ0) is 12.3. The lowest BCUT2D eigenvalue weighted by Crippen LogP contribution is -2.14. The molecule has 0 unspecified atom stereocenters. The van der Waals surface area contributed by atoms with Crippen molar-refractivity contribution in [2.24, 2.45) is 0 Å². The molecule has 0 fully saturated rings. The normalized spacial score (nSPS) is 12.4. The Morgan fingerprint density at radius 2 is 2.24 bits per heavy atom. The molecule has 0 aliphatic rings. The molecule has 0 aliphatic carbocycles. The molecule has 2 rings (SSSR count). The third-order valence-corrected chi connectivity index (χ3v) is 3.33. The number of aliphatic hydroxyl groups is 1. The van der Waals surface area contributed by atoms with Crippen LogP contribution in [0.25, 0.3) is 11.3 Å². The fourth-order valence-corrected chi connectivity index (χ4v) is 2.34. The second-order valence-corrected chi connectivity index (χ2v) is 5.01. The predicted molar refractivity (Wildman–Crippen MR) is 72.7 cm³/mol. The molecule has 0 radical (unpaired) electrons. The van der Waals surface area contributed by atoms with E-state index in [-0.39, 0.29) is 6.10 Å². The Kier molecular flexibility index (Phi) is 3.99. The van der Waals surface area contributed by atoms with E-state index in [0.717, 1.165) is 16.4 Å². The van der Waals surface area contributed by atoms with E-state index in [1.807, 2.05) is 29.6 Å². The number of aromatic nitrogens is 1. The van der Waals surface area contributed by atoms with Crippen LogP contribution in [-0.4, -0.2) is 22.7 Å². The first-order chi connectivity index (χ1) is 8.16. The van der Waals surface area contributed by atoms with Gasteiger partial charge in [0.25, 0.3) is 0 Å². The maximum Gasteiger partial charge on any atom is 0.183 e. The first-order valence-electron chi connectivity index (χ1n) is 5.29.